The fraction of sp³-hybridized carbons (Fsp3) is 0.300. The van der Waals surface area contributed by atoms with E-state index in [0.717, 1.165) is 12.0 Å². The highest BCUT2D eigenvalue weighted by atomic mass is 16.5. The van der Waals surface area contributed by atoms with Gasteiger partial charge in [-0.05, 0) is 48.7 Å². The van der Waals surface area contributed by atoms with Crippen LogP contribution in [0.15, 0.2) is 48.5 Å². The Balaban J connectivity index is 1.53. The van der Waals surface area contributed by atoms with E-state index in [-0.39, 0.29) is 12.5 Å². The Morgan fingerprint density at radius 2 is 1.76 bits per heavy atom. The monoisotopic (exact) mass is 339 g/mol. The molecular weight excluding hydrogens is 318 g/mol. The summed E-state index contributed by atoms with van der Waals surface area (Å²) in [5.41, 5.74) is 2.83. The molecule has 5 heteroatoms. The first-order valence-corrected chi connectivity index (χ1v) is 8.42. The number of benzene rings is 2. The third kappa shape index (κ3) is 4.18. The Bertz CT molecular complexity index is 755. The van der Waals surface area contributed by atoms with Crippen LogP contribution in [0.5, 0.6) is 5.75 Å². The largest absolute Gasteiger partial charge is 0.494 e. The van der Waals surface area contributed by atoms with Crippen LogP contribution in [0.4, 0.5) is 0 Å². The van der Waals surface area contributed by atoms with Crippen molar-refractivity contribution in [1.82, 2.24) is 4.90 Å². The molecule has 0 spiro atoms. The van der Waals surface area contributed by atoms with Crippen molar-refractivity contribution in [3.8, 4) is 5.75 Å². The SMILES string of the molecule is CCOc1ccc(C(=O)OCC(=O)N2CCc3ccccc3C2)cc1. The molecule has 0 N–H and O–H groups in total. The van der Waals surface area contributed by atoms with Gasteiger partial charge in [0.1, 0.15) is 5.75 Å². The molecule has 5 nitrogen and oxygen atoms in total. The van der Waals surface area contributed by atoms with Crippen molar-refractivity contribution in [3.63, 3.8) is 0 Å². The number of ether oxygens (including phenoxy) is 2. The molecule has 0 atom stereocenters. The van der Waals surface area contributed by atoms with Crippen molar-refractivity contribution in [1.29, 1.82) is 0 Å². The van der Waals surface area contributed by atoms with E-state index in [4.69, 9.17) is 9.47 Å². The third-order valence-electron chi connectivity index (χ3n) is 4.21. The zero-order valence-corrected chi connectivity index (χ0v) is 14.2. The predicted molar refractivity (Wildman–Crippen MR) is 93.5 cm³/mol. The standard InChI is InChI=1S/C20H21NO4/c1-2-24-18-9-7-16(8-10-18)20(23)25-14-19(22)21-12-11-15-5-3-4-6-17(15)13-21/h3-10H,2,11-14H2,1H3. The van der Waals surface area contributed by atoms with Crippen LogP contribution in [-0.2, 0) is 22.5 Å². The molecule has 1 heterocycles. The first-order valence-electron chi connectivity index (χ1n) is 8.42. The molecule has 1 amide bonds. The molecule has 1 aliphatic rings. The number of rotatable bonds is 5. The molecule has 0 saturated carbocycles. The lowest BCUT2D eigenvalue weighted by Gasteiger charge is -2.28. The van der Waals surface area contributed by atoms with Gasteiger partial charge >= 0.3 is 5.97 Å². The minimum atomic E-state index is -0.506. The third-order valence-corrected chi connectivity index (χ3v) is 4.21. The van der Waals surface area contributed by atoms with Gasteiger partial charge in [0.05, 0.1) is 12.2 Å². The fourth-order valence-corrected chi connectivity index (χ4v) is 2.86. The van der Waals surface area contributed by atoms with Gasteiger partial charge in [0.15, 0.2) is 6.61 Å². The minimum Gasteiger partial charge on any atom is -0.494 e. The van der Waals surface area contributed by atoms with E-state index >= 15 is 0 Å². The number of hydrogen-bond donors (Lipinski definition) is 0. The molecule has 25 heavy (non-hydrogen) atoms. The number of amides is 1. The molecule has 0 radical (unpaired) electrons. The van der Waals surface area contributed by atoms with E-state index < -0.39 is 5.97 Å². The summed E-state index contributed by atoms with van der Waals surface area (Å²) in [6.07, 6.45) is 0.828. The van der Waals surface area contributed by atoms with Gasteiger partial charge in [-0.1, -0.05) is 24.3 Å². The molecular formula is C20H21NO4. The van der Waals surface area contributed by atoms with Crippen molar-refractivity contribution in [3.05, 3.63) is 65.2 Å². The lowest BCUT2D eigenvalue weighted by atomic mass is 10.00. The second-order valence-corrected chi connectivity index (χ2v) is 5.87. The Morgan fingerprint density at radius 3 is 2.48 bits per heavy atom. The summed E-state index contributed by atoms with van der Waals surface area (Å²) in [7, 11) is 0. The highest BCUT2D eigenvalue weighted by molar-refractivity contribution is 5.91. The van der Waals surface area contributed by atoms with E-state index in [9.17, 15) is 9.59 Å². The molecule has 3 rings (SSSR count). The quantitative estimate of drug-likeness (QED) is 0.786. The summed E-state index contributed by atoms with van der Waals surface area (Å²) < 4.78 is 10.5. The van der Waals surface area contributed by atoms with E-state index in [1.54, 1.807) is 29.2 Å². The molecule has 0 unspecified atom stereocenters. The fourth-order valence-electron chi connectivity index (χ4n) is 2.86. The molecule has 0 aliphatic carbocycles. The highest BCUT2D eigenvalue weighted by Gasteiger charge is 2.21. The van der Waals surface area contributed by atoms with Crippen molar-refractivity contribution < 1.29 is 19.1 Å². The summed E-state index contributed by atoms with van der Waals surface area (Å²) >= 11 is 0. The van der Waals surface area contributed by atoms with E-state index in [1.165, 1.54) is 5.56 Å². The van der Waals surface area contributed by atoms with Crippen LogP contribution in [0.1, 0.15) is 28.4 Å². The summed E-state index contributed by atoms with van der Waals surface area (Å²) in [6, 6.07) is 14.8. The van der Waals surface area contributed by atoms with Crippen molar-refractivity contribution in [2.45, 2.75) is 19.9 Å². The van der Waals surface area contributed by atoms with Crippen molar-refractivity contribution >= 4 is 11.9 Å². The number of esters is 1. The van der Waals surface area contributed by atoms with Gasteiger partial charge in [-0.2, -0.15) is 0 Å². The van der Waals surface area contributed by atoms with Gasteiger partial charge in [0.25, 0.3) is 5.91 Å². The summed E-state index contributed by atoms with van der Waals surface area (Å²) in [6.45, 7) is 3.43. The van der Waals surface area contributed by atoms with Gasteiger partial charge in [0.2, 0.25) is 0 Å². The Kier molecular flexibility index (Phi) is 5.33. The van der Waals surface area contributed by atoms with E-state index in [1.807, 2.05) is 25.1 Å². The smallest absolute Gasteiger partial charge is 0.338 e. The van der Waals surface area contributed by atoms with Gasteiger partial charge in [-0.25, -0.2) is 4.79 Å². The summed E-state index contributed by atoms with van der Waals surface area (Å²) in [4.78, 5) is 26.1. The molecule has 0 saturated heterocycles. The topological polar surface area (TPSA) is 55.8 Å². The number of hydrogen-bond acceptors (Lipinski definition) is 4. The van der Waals surface area contributed by atoms with Crippen molar-refractivity contribution in [2.24, 2.45) is 0 Å². The second-order valence-electron chi connectivity index (χ2n) is 5.87. The molecule has 0 aromatic heterocycles. The van der Waals surface area contributed by atoms with E-state index in [2.05, 4.69) is 6.07 Å². The van der Waals surface area contributed by atoms with Gasteiger partial charge in [0, 0.05) is 13.1 Å². The lowest BCUT2D eigenvalue weighted by molar-refractivity contribution is -0.135. The summed E-state index contributed by atoms with van der Waals surface area (Å²) in [5, 5.41) is 0. The van der Waals surface area contributed by atoms with Crippen LogP contribution >= 0.6 is 0 Å². The van der Waals surface area contributed by atoms with Crippen LogP contribution in [0, 0.1) is 0 Å². The first kappa shape index (κ1) is 17.0. The zero-order chi connectivity index (χ0) is 17.6. The number of carbonyl (C=O) groups excluding carboxylic acids is 2. The summed E-state index contributed by atoms with van der Waals surface area (Å²) in [5.74, 6) is 0.0182. The number of fused-ring (bicyclic) bond motifs is 1. The maximum Gasteiger partial charge on any atom is 0.338 e. The average Bonchev–Trinajstić information content (AvgIpc) is 2.66. The predicted octanol–water partition coefficient (Wildman–Crippen LogP) is 2.83. The molecule has 0 bridgehead atoms. The molecule has 0 fully saturated rings. The maximum atomic E-state index is 12.3. The highest BCUT2D eigenvalue weighted by Crippen LogP contribution is 2.18. The number of nitrogens with zero attached hydrogens (tertiary/aromatic N) is 1. The van der Waals surface area contributed by atoms with Crippen LogP contribution in [0.2, 0.25) is 0 Å². The van der Waals surface area contributed by atoms with Gasteiger partial charge in [-0.3, -0.25) is 4.79 Å². The number of carbonyl (C=O) groups is 2. The normalized spacial score (nSPS) is 13.1. The van der Waals surface area contributed by atoms with Gasteiger partial charge < -0.3 is 14.4 Å². The average molecular weight is 339 g/mol. The zero-order valence-electron chi connectivity index (χ0n) is 14.2. The maximum absolute atomic E-state index is 12.3. The Labute approximate surface area is 147 Å². The van der Waals surface area contributed by atoms with Crippen LogP contribution in [0.25, 0.3) is 0 Å². The lowest BCUT2D eigenvalue weighted by Crippen LogP contribution is -2.38. The molecule has 130 valence electrons. The Hall–Kier alpha value is -2.82. The minimum absolute atomic E-state index is 0.172. The Morgan fingerprint density at radius 1 is 1.04 bits per heavy atom. The van der Waals surface area contributed by atoms with Gasteiger partial charge in [-0.15, -0.1) is 0 Å². The van der Waals surface area contributed by atoms with E-state index in [0.29, 0.717) is 31.0 Å². The second kappa shape index (κ2) is 7.83. The molecule has 1 aliphatic heterocycles. The molecule has 2 aromatic rings. The first-order chi connectivity index (χ1) is 12.2. The molecule has 2 aromatic carbocycles. The van der Waals surface area contributed by atoms with Crippen LogP contribution in [-0.4, -0.2) is 36.5 Å². The van der Waals surface area contributed by atoms with Crippen LogP contribution < -0.4 is 4.74 Å². The van der Waals surface area contributed by atoms with Crippen molar-refractivity contribution in [2.75, 3.05) is 19.8 Å². The van der Waals surface area contributed by atoms with Crippen LogP contribution in [0.3, 0.4) is 0 Å².